The van der Waals surface area contributed by atoms with Crippen LogP contribution in [0.3, 0.4) is 0 Å². The zero-order valence-corrected chi connectivity index (χ0v) is 15.9. The lowest BCUT2D eigenvalue weighted by molar-refractivity contribution is 0.255. The zero-order valence-electron chi connectivity index (χ0n) is 14.3. The van der Waals surface area contributed by atoms with Gasteiger partial charge in [-0.1, -0.05) is 17.4 Å². The Bertz CT molecular complexity index is 1140. The number of rotatable bonds is 4. The maximum absolute atomic E-state index is 12.1. The molecule has 0 unspecified atom stereocenters. The minimum Gasteiger partial charge on any atom is -0.345 e. The molecule has 3 rings (SSSR count). The molecule has 0 fully saturated rings. The first kappa shape index (κ1) is 18.6. The number of aromatic nitrogens is 3. The van der Waals surface area contributed by atoms with E-state index in [9.17, 15) is 13.2 Å². The second-order valence-electron chi connectivity index (χ2n) is 5.55. The molecule has 2 amide bonds. The largest absolute Gasteiger partial charge is 0.345 e. The summed E-state index contributed by atoms with van der Waals surface area (Å²) in [6, 6.07) is 4.25. The fraction of sp³-hybridized carbons (Fsp3) is 0.125. The van der Waals surface area contributed by atoms with E-state index in [0.29, 0.717) is 22.2 Å². The number of imidazole rings is 1. The number of nitrogens with zero attached hydrogens (tertiary/aromatic N) is 3. The van der Waals surface area contributed by atoms with Crippen LogP contribution in [0.15, 0.2) is 35.5 Å². The highest BCUT2D eigenvalue weighted by molar-refractivity contribution is 7.90. The number of anilines is 1. The van der Waals surface area contributed by atoms with Crippen molar-refractivity contribution in [3.63, 3.8) is 0 Å². The molecule has 138 valence electrons. The molecule has 0 aliphatic rings. The zero-order chi connectivity index (χ0) is 19.6. The van der Waals surface area contributed by atoms with Crippen LogP contribution in [0.1, 0.15) is 5.69 Å². The molecule has 0 atom stereocenters. The molecule has 0 radical (unpaired) electrons. The summed E-state index contributed by atoms with van der Waals surface area (Å²) in [5.74, 6) is 0.436. The molecule has 3 aromatic rings. The molecule has 0 aliphatic carbocycles. The van der Waals surface area contributed by atoms with Crippen LogP contribution in [-0.4, -0.2) is 35.7 Å². The number of aryl methyl sites for hydroxylation is 1. The summed E-state index contributed by atoms with van der Waals surface area (Å²) in [5, 5.41) is 13.2. The quantitative estimate of drug-likeness (QED) is 0.452. The third-order valence-corrected chi connectivity index (χ3v) is 5.86. The molecule has 2 aromatic heterocycles. The monoisotopic (exact) mass is 402 g/mol. The van der Waals surface area contributed by atoms with Crippen LogP contribution in [0.4, 0.5) is 9.93 Å². The molecule has 2 heterocycles. The Kier molecular flexibility index (Phi) is 4.93. The lowest BCUT2D eigenvalue weighted by Gasteiger charge is -2.08. The van der Waals surface area contributed by atoms with Crippen molar-refractivity contribution in [2.45, 2.75) is 11.8 Å². The third-order valence-electron chi connectivity index (χ3n) is 3.58. The molecule has 9 nitrogen and oxygen atoms in total. The van der Waals surface area contributed by atoms with Crippen LogP contribution in [0, 0.1) is 18.4 Å². The first-order chi connectivity index (χ1) is 12.8. The van der Waals surface area contributed by atoms with E-state index >= 15 is 0 Å². The van der Waals surface area contributed by atoms with E-state index in [2.05, 4.69) is 20.3 Å². The molecule has 1 aromatic carbocycles. The van der Waals surface area contributed by atoms with Crippen LogP contribution in [0.25, 0.3) is 21.8 Å². The highest BCUT2D eigenvalue weighted by atomic mass is 32.2. The number of hydrogen-bond acceptors (Lipinski definition) is 7. The van der Waals surface area contributed by atoms with Crippen molar-refractivity contribution >= 4 is 32.3 Å². The molecule has 0 aliphatic heterocycles. The number of sulfone groups is 1. The van der Waals surface area contributed by atoms with Gasteiger partial charge in [0.05, 0.1) is 15.5 Å². The number of H-pyrrole nitrogens is 1. The average Bonchev–Trinajstić information content (AvgIpc) is 3.23. The highest BCUT2D eigenvalue weighted by Crippen LogP contribution is 2.36. The second-order valence-corrected chi connectivity index (χ2v) is 8.53. The molecular weight excluding hydrogens is 388 g/mol. The predicted octanol–water partition coefficient (Wildman–Crippen LogP) is 2.51. The maximum Gasteiger partial charge on any atom is 0.334 e. The standard InChI is InChI=1S/C16H14N6O3S2/c1-9-13(26-16(21-9)22-15(23)20-8-17)10-3-4-12(27(2,24)25)11(7-10)14-18-5-6-19-14/h3-7H,1-2H3,(H,18,19)(H2,20,21,22,23). The van der Waals surface area contributed by atoms with E-state index < -0.39 is 15.9 Å². The lowest BCUT2D eigenvalue weighted by Crippen LogP contribution is -2.23. The summed E-state index contributed by atoms with van der Waals surface area (Å²) in [6.45, 7) is 1.77. The minimum absolute atomic E-state index is 0.162. The lowest BCUT2D eigenvalue weighted by atomic mass is 10.1. The molecule has 27 heavy (non-hydrogen) atoms. The summed E-state index contributed by atoms with van der Waals surface area (Å²) in [4.78, 5) is 23.7. The predicted molar refractivity (Wildman–Crippen MR) is 101 cm³/mol. The van der Waals surface area contributed by atoms with Gasteiger partial charge in [-0.2, -0.15) is 5.26 Å². The van der Waals surface area contributed by atoms with Gasteiger partial charge in [-0.3, -0.25) is 5.32 Å². The molecule has 0 bridgehead atoms. The molecule has 0 saturated carbocycles. The second kappa shape index (κ2) is 7.18. The first-order valence-electron chi connectivity index (χ1n) is 7.57. The summed E-state index contributed by atoms with van der Waals surface area (Å²) in [5.41, 5.74) is 1.84. The number of nitriles is 1. The number of nitrogens with one attached hydrogen (secondary N) is 3. The normalized spacial score (nSPS) is 11.0. The first-order valence-corrected chi connectivity index (χ1v) is 10.3. The maximum atomic E-state index is 12.1. The van der Waals surface area contributed by atoms with E-state index in [4.69, 9.17) is 5.26 Å². The number of aromatic amines is 1. The van der Waals surface area contributed by atoms with E-state index in [0.717, 1.165) is 16.7 Å². The van der Waals surface area contributed by atoms with Gasteiger partial charge in [-0.25, -0.2) is 28.5 Å². The van der Waals surface area contributed by atoms with E-state index in [1.165, 1.54) is 23.6 Å². The molecule has 3 N–H and O–H groups in total. The third kappa shape index (κ3) is 3.97. The topological polar surface area (TPSA) is 141 Å². The van der Waals surface area contributed by atoms with Crippen LogP contribution >= 0.6 is 11.3 Å². The molecule has 0 spiro atoms. The number of thiazole rings is 1. The Hall–Kier alpha value is -3.23. The molecular formula is C16H14N6O3S2. The number of carbonyl (C=O) groups is 1. The van der Waals surface area contributed by atoms with Gasteiger partial charge in [0.15, 0.2) is 21.2 Å². The van der Waals surface area contributed by atoms with Gasteiger partial charge in [0.25, 0.3) is 0 Å². The molecule has 0 saturated heterocycles. The van der Waals surface area contributed by atoms with Gasteiger partial charge in [-0.05, 0) is 24.6 Å². The smallest absolute Gasteiger partial charge is 0.334 e. The van der Waals surface area contributed by atoms with Gasteiger partial charge in [0.1, 0.15) is 5.82 Å². The van der Waals surface area contributed by atoms with E-state index in [1.807, 2.05) is 5.32 Å². The van der Waals surface area contributed by atoms with Crippen molar-refractivity contribution in [3.8, 4) is 28.0 Å². The summed E-state index contributed by atoms with van der Waals surface area (Å²) >= 11 is 1.21. The van der Waals surface area contributed by atoms with E-state index in [1.54, 1.807) is 31.5 Å². The number of urea groups is 1. The number of hydrogen-bond donors (Lipinski definition) is 3. The Balaban J connectivity index is 2.06. The Labute approximate surface area is 159 Å². The van der Waals surface area contributed by atoms with Crippen molar-refractivity contribution in [2.24, 2.45) is 0 Å². The van der Waals surface area contributed by atoms with Crippen LogP contribution in [-0.2, 0) is 9.84 Å². The van der Waals surface area contributed by atoms with Crippen LogP contribution in [0.2, 0.25) is 0 Å². The van der Waals surface area contributed by atoms with Gasteiger partial charge >= 0.3 is 6.03 Å². The van der Waals surface area contributed by atoms with Crippen molar-refractivity contribution in [2.75, 3.05) is 11.6 Å². The van der Waals surface area contributed by atoms with Crippen LogP contribution < -0.4 is 10.6 Å². The average molecular weight is 402 g/mol. The SMILES string of the molecule is Cc1nc(NC(=O)NC#N)sc1-c1ccc(S(C)(=O)=O)c(-c2ncc[nH]2)c1. The summed E-state index contributed by atoms with van der Waals surface area (Å²) in [6.07, 6.45) is 5.83. The highest BCUT2D eigenvalue weighted by Gasteiger charge is 2.19. The van der Waals surface area contributed by atoms with Gasteiger partial charge < -0.3 is 4.98 Å². The van der Waals surface area contributed by atoms with Crippen molar-refractivity contribution < 1.29 is 13.2 Å². The fourth-order valence-corrected chi connectivity index (χ4v) is 4.32. The molecule has 11 heteroatoms. The number of carbonyl (C=O) groups excluding carboxylic acids is 1. The van der Waals surface area contributed by atoms with Crippen molar-refractivity contribution in [3.05, 3.63) is 36.3 Å². The number of amides is 2. The van der Waals surface area contributed by atoms with E-state index in [-0.39, 0.29) is 4.90 Å². The van der Waals surface area contributed by atoms with Crippen LogP contribution in [0.5, 0.6) is 0 Å². The summed E-state index contributed by atoms with van der Waals surface area (Å²) < 4.78 is 24.2. The fourth-order valence-electron chi connectivity index (χ4n) is 2.49. The number of benzene rings is 1. The van der Waals surface area contributed by atoms with Gasteiger partial charge in [0, 0.05) is 24.2 Å². The van der Waals surface area contributed by atoms with Gasteiger partial charge in [0.2, 0.25) is 0 Å². The Morgan fingerprint density at radius 3 is 2.78 bits per heavy atom. The summed E-state index contributed by atoms with van der Waals surface area (Å²) in [7, 11) is -3.45. The van der Waals surface area contributed by atoms with Crippen molar-refractivity contribution in [1.82, 2.24) is 20.3 Å². The minimum atomic E-state index is -3.45. The Morgan fingerprint density at radius 2 is 2.15 bits per heavy atom. The van der Waals surface area contributed by atoms with Gasteiger partial charge in [-0.15, -0.1) is 0 Å². The van der Waals surface area contributed by atoms with Crippen molar-refractivity contribution in [1.29, 1.82) is 5.26 Å². The Morgan fingerprint density at radius 1 is 1.37 bits per heavy atom.